The number of halogens is 1. The topological polar surface area (TPSA) is 80.3 Å². The van der Waals surface area contributed by atoms with Crippen LogP contribution in [0.1, 0.15) is 82.1 Å². The summed E-state index contributed by atoms with van der Waals surface area (Å²) in [6, 6.07) is 14.1. The first kappa shape index (κ1) is 30.4. The molecule has 2 fully saturated rings. The minimum absolute atomic E-state index is 0.116. The Labute approximate surface area is 242 Å². The van der Waals surface area contributed by atoms with Gasteiger partial charge in [0.25, 0.3) is 0 Å². The third-order valence-corrected chi connectivity index (χ3v) is 8.11. The van der Waals surface area contributed by atoms with E-state index in [-0.39, 0.29) is 42.3 Å². The Kier molecular flexibility index (Phi) is 10.9. The van der Waals surface area contributed by atoms with E-state index in [1.54, 1.807) is 0 Å². The number of hydrogen-bond donors (Lipinski definition) is 0. The van der Waals surface area contributed by atoms with E-state index < -0.39 is 0 Å². The van der Waals surface area contributed by atoms with E-state index in [9.17, 15) is 9.59 Å². The summed E-state index contributed by atoms with van der Waals surface area (Å²) >= 11 is 6.60. The lowest BCUT2D eigenvalue weighted by atomic mass is 9.88. The van der Waals surface area contributed by atoms with Crippen molar-refractivity contribution < 1.29 is 33.3 Å². The molecule has 2 aliphatic rings. The second-order valence-corrected chi connectivity index (χ2v) is 11.5. The molecule has 1 saturated carbocycles. The Bertz CT molecular complexity index is 1130. The van der Waals surface area contributed by atoms with Gasteiger partial charge in [0.2, 0.25) is 0 Å². The first-order valence-corrected chi connectivity index (χ1v) is 14.7. The molecule has 0 amide bonds. The van der Waals surface area contributed by atoms with Crippen LogP contribution in [0.2, 0.25) is 5.02 Å². The zero-order valence-corrected chi connectivity index (χ0v) is 24.5. The molecule has 1 aliphatic carbocycles. The van der Waals surface area contributed by atoms with Crippen molar-refractivity contribution in [2.45, 2.75) is 84.0 Å². The Morgan fingerprint density at radius 3 is 2.42 bits per heavy atom. The monoisotopic (exact) mass is 572 g/mol. The Morgan fingerprint density at radius 1 is 1.00 bits per heavy atom. The van der Waals surface area contributed by atoms with Crippen molar-refractivity contribution in [1.29, 1.82) is 0 Å². The molecular weight excluding hydrogens is 532 g/mol. The average Bonchev–Trinajstić information content (AvgIpc) is 3.40. The first-order valence-electron chi connectivity index (χ1n) is 14.3. The normalized spacial score (nSPS) is 22.1. The second kappa shape index (κ2) is 14.3. The maximum atomic E-state index is 11.6. The molecule has 4 rings (SSSR count). The minimum atomic E-state index is -0.372. The van der Waals surface area contributed by atoms with Gasteiger partial charge in [-0.15, -0.1) is 0 Å². The van der Waals surface area contributed by atoms with Crippen LogP contribution in [0.15, 0.2) is 42.5 Å². The van der Waals surface area contributed by atoms with Gasteiger partial charge in [-0.25, -0.2) is 0 Å². The van der Waals surface area contributed by atoms with E-state index in [1.807, 2.05) is 37.3 Å². The largest absolute Gasteiger partial charge is 0.493 e. The third kappa shape index (κ3) is 8.69. The van der Waals surface area contributed by atoms with Crippen LogP contribution in [0, 0.1) is 5.41 Å². The van der Waals surface area contributed by atoms with Crippen LogP contribution in [0.5, 0.6) is 5.75 Å². The van der Waals surface area contributed by atoms with Crippen molar-refractivity contribution >= 4 is 23.5 Å². The maximum Gasteiger partial charge on any atom is 0.302 e. The molecule has 2 aromatic carbocycles. The summed E-state index contributed by atoms with van der Waals surface area (Å²) in [5, 5.41) is 0.673. The van der Waals surface area contributed by atoms with E-state index in [1.165, 1.54) is 26.7 Å². The third-order valence-electron chi connectivity index (χ3n) is 7.75. The molecule has 0 radical (unpaired) electrons. The zero-order chi connectivity index (χ0) is 28.5. The van der Waals surface area contributed by atoms with Gasteiger partial charge < -0.3 is 23.7 Å². The van der Waals surface area contributed by atoms with Crippen LogP contribution in [0.4, 0.5) is 0 Å². The molecule has 0 bridgehead atoms. The van der Waals surface area contributed by atoms with Gasteiger partial charge in [-0.3, -0.25) is 9.59 Å². The summed E-state index contributed by atoms with van der Waals surface area (Å²) in [6.07, 6.45) is 5.42. The predicted molar refractivity (Wildman–Crippen MR) is 153 cm³/mol. The summed E-state index contributed by atoms with van der Waals surface area (Å²) in [4.78, 5) is 23.0. The van der Waals surface area contributed by atoms with Crippen molar-refractivity contribution in [1.82, 2.24) is 0 Å². The van der Waals surface area contributed by atoms with Crippen LogP contribution in [0.25, 0.3) is 0 Å². The van der Waals surface area contributed by atoms with Crippen LogP contribution in [0.3, 0.4) is 0 Å². The van der Waals surface area contributed by atoms with Gasteiger partial charge >= 0.3 is 11.9 Å². The van der Waals surface area contributed by atoms with E-state index in [0.717, 1.165) is 48.5 Å². The highest BCUT2D eigenvalue weighted by Crippen LogP contribution is 2.39. The molecule has 3 atom stereocenters. The van der Waals surface area contributed by atoms with Gasteiger partial charge in [-0.2, -0.15) is 0 Å². The van der Waals surface area contributed by atoms with Crippen LogP contribution >= 0.6 is 11.6 Å². The molecule has 0 spiro atoms. The highest BCUT2D eigenvalue weighted by atomic mass is 35.5. The Morgan fingerprint density at radius 2 is 1.75 bits per heavy atom. The highest BCUT2D eigenvalue weighted by molar-refractivity contribution is 6.31. The fourth-order valence-corrected chi connectivity index (χ4v) is 5.88. The minimum Gasteiger partial charge on any atom is -0.493 e. The fourth-order valence-electron chi connectivity index (χ4n) is 5.70. The molecule has 2 aromatic rings. The predicted octanol–water partition coefficient (Wildman–Crippen LogP) is 6.62. The maximum absolute atomic E-state index is 11.6. The van der Waals surface area contributed by atoms with Crippen molar-refractivity contribution in [2.75, 3.05) is 26.4 Å². The van der Waals surface area contributed by atoms with Gasteiger partial charge in [0.1, 0.15) is 18.5 Å². The SMILES string of the molecule is CCOCC1(COc2ccc(Cc3cc(C4CC(OC(C)=O)CC(COC(C)=O)O4)ccc3Cl)cc2)CCCC1. The fraction of sp³-hybridized carbons (Fsp3) is 0.562. The Balaban J connectivity index is 1.41. The number of esters is 2. The van der Waals surface area contributed by atoms with Crippen molar-refractivity contribution in [3.05, 3.63) is 64.2 Å². The van der Waals surface area contributed by atoms with Crippen LogP contribution < -0.4 is 4.74 Å². The summed E-state index contributed by atoms with van der Waals surface area (Å²) in [7, 11) is 0. The number of benzene rings is 2. The van der Waals surface area contributed by atoms with E-state index in [0.29, 0.717) is 30.9 Å². The van der Waals surface area contributed by atoms with Crippen LogP contribution in [-0.2, 0) is 35.0 Å². The number of rotatable bonds is 12. The molecule has 218 valence electrons. The summed E-state index contributed by atoms with van der Waals surface area (Å²) in [6.45, 7) is 7.08. The molecular formula is C32H41ClO7. The summed E-state index contributed by atoms with van der Waals surface area (Å²) in [5.41, 5.74) is 3.16. The van der Waals surface area contributed by atoms with E-state index in [4.69, 9.17) is 35.3 Å². The molecule has 0 N–H and O–H groups in total. The van der Waals surface area contributed by atoms with Gasteiger partial charge in [0, 0.05) is 43.7 Å². The lowest BCUT2D eigenvalue weighted by molar-refractivity contribution is -0.169. The van der Waals surface area contributed by atoms with Gasteiger partial charge in [-0.1, -0.05) is 48.7 Å². The molecule has 0 aromatic heterocycles. The number of carbonyl (C=O) groups excluding carboxylic acids is 2. The summed E-state index contributed by atoms with van der Waals surface area (Å²) in [5.74, 6) is 0.148. The molecule has 1 heterocycles. The smallest absolute Gasteiger partial charge is 0.302 e. The van der Waals surface area contributed by atoms with Crippen LogP contribution in [-0.4, -0.2) is 50.6 Å². The number of ether oxygens (including phenoxy) is 5. The molecule has 1 saturated heterocycles. The van der Waals surface area contributed by atoms with Crippen molar-refractivity contribution in [3.8, 4) is 5.75 Å². The molecule has 40 heavy (non-hydrogen) atoms. The zero-order valence-electron chi connectivity index (χ0n) is 23.8. The lowest BCUT2D eigenvalue weighted by Crippen LogP contribution is -2.36. The standard InChI is InChI=1S/C32H41ClO7/c1-4-36-20-32(13-5-6-14-32)21-38-27-10-7-24(8-11-27)15-26-16-25(9-12-30(26)33)31-18-28(39-23(3)35)17-29(40-31)19-37-22(2)34/h7-12,16,28-29,31H,4-6,13-15,17-21H2,1-3H3. The van der Waals surface area contributed by atoms with Gasteiger partial charge in [0.15, 0.2) is 0 Å². The molecule has 8 heteroatoms. The van der Waals surface area contributed by atoms with Gasteiger partial charge in [-0.05, 0) is 61.1 Å². The van der Waals surface area contributed by atoms with Gasteiger partial charge in [0.05, 0.1) is 25.4 Å². The number of carbonyl (C=O) groups is 2. The Hall–Kier alpha value is -2.61. The number of hydrogen-bond acceptors (Lipinski definition) is 7. The van der Waals surface area contributed by atoms with E-state index >= 15 is 0 Å². The quantitative estimate of drug-likeness (QED) is 0.264. The van der Waals surface area contributed by atoms with Crippen molar-refractivity contribution in [2.24, 2.45) is 5.41 Å². The second-order valence-electron chi connectivity index (χ2n) is 11.1. The highest BCUT2D eigenvalue weighted by Gasteiger charge is 2.35. The molecule has 7 nitrogen and oxygen atoms in total. The molecule has 3 unspecified atom stereocenters. The lowest BCUT2D eigenvalue weighted by Gasteiger charge is -2.35. The van der Waals surface area contributed by atoms with Crippen molar-refractivity contribution in [3.63, 3.8) is 0 Å². The average molecular weight is 573 g/mol. The first-order chi connectivity index (χ1) is 19.2. The summed E-state index contributed by atoms with van der Waals surface area (Å²) < 4.78 is 28.9. The van der Waals surface area contributed by atoms with E-state index in [2.05, 4.69) is 12.1 Å². The molecule has 1 aliphatic heterocycles.